The molecule has 0 aliphatic heterocycles. The molecule has 1 atom stereocenters. The molecule has 0 amide bonds. The number of ether oxygens (including phenoxy) is 2. The smallest absolute Gasteiger partial charge is 0.106 e. The van der Waals surface area contributed by atoms with Crippen LogP contribution in [0, 0.1) is 0 Å². The summed E-state index contributed by atoms with van der Waals surface area (Å²) in [5, 5.41) is 10.1. The predicted octanol–water partition coefficient (Wildman–Crippen LogP) is 2.12. The molecule has 0 aromatic carbocycles. The molecule has 1 N–H and O–H groups in total. The highest BCUT2D eigenvalue weighted by Crippen LogP contribution is 2.34. The monoisotopic (exact) mass is 216 g/mol. The lowest BCUT2D eigenvalue weighted by Gasteiger charge is -2.39. The topological polar surface area (TPSA) is 38.7 Å². The molecule has 1 saturated carbocycles. The summed E-state index contributed by atoms with van der Waals surface area (Å²) in [6.45, 7) is 3.19. The molecule has 0 radical (unpaired) electrons. The van der Waals surface area contributed by atoms with Crippen LogP contribution in [0.1, 0.15) is 45.4 Å². The summed E-state index contributed by atoms with van der Waals surface area (Å²) in [5.41, 5.74) is -0.341. The van der Waals surface area contributed by atoms with Crippen LogP contribution in [0.15, 0.2) is 0 Å². The Morgan fingerprint density at radius 1 is 1.27 bits per heavy atom. The normalized spacial score (nSPS) is 22.6. The van der Waals surface area contributed by atoms with Crippen LogP contribution in [-0.2, 0) is 9.47 Å². The first-order valence-electron chi connectivity index (χ1n) is 6.06. The van der Waals surface area contributed by atoms with Gasteiger partial charge in [0.2, 0.25) is 0 Å². The number of rotatable bonds is 6. The summed E-state index contributed by atoms with van der Waals surface area (Å²) < 4.78 is 10.9. The molecule has 1 aliphatic carbocycles. The minimum Gasteiger partial charge on any atom is -0.388 e. The van der Waals surface area contributed by atoms with E-state index in [1.807, 2.05) is 0 Å². The lowest BCUT2D eigenvalue weighted by Crippen LogP contribution is -2.48. The molecular formula is C12H24O3. The number of hydrogen-bond donors (Lipinski definition) is 1. The summed E-state index contributed by atoms with van der Waals surface area (Å²) in [4.78, 5) is 0. The van der Waals surface area contributed by atoms with Crippen molar-refractivity contribution in [1.29, 1.82) is 0 Å². The van der Waals surface area contributed by atoms with E-state index in [2.05, 4.69) is 6.92 Å². The standard InChI is InChI=1S/C12H24O3/c1-3-9-15-10-11(13)12(14-2)7-5-4-6-8-12/h11,13H,3-10H2,1-2H3. The highest BCUT2D eigenvalue weighted by atomic mass is 16.5. The second-order valence-electron chi connectivity index (χ2n) is 4.42. The Labute approximate surface area is 92.8 Å². The fraction of sp³-hybridized carbons (Fsp3) is 1.00. The molecule has 90 valence electrons. The van der Waals surface area contributed by atoms with E-state index in [4.69, 9.17) is 9.47 Å². The first kappa shape index (κ1) is 12.9. The molecule has 0 heterocycles. The van der Waals surface area contributed by atoms with Crippen molar-refractivity contribution in [2.45, 2.75) is 57.2 Å². The number of aliphatic hydroxyl groups excluding tert-OH is 1. The lowest BCUT2D eigenvalue weighted by atomic mass is 9.80. The van der Waals surface area contributed by atoms with Crippen molar-refractivity contribution < 1.29 is 14.6 Å². The van der Waals surface area contributed by atoms with Crippen molar-refractivity contribution in [2.24, 2.45) is 0 Å². The molecule has 0 saturated heterocycles. The van der Waals surface area contributed by atoms with Gasteiger partial charge in [0.05, 0.1) is 12.2 Å². The minimum absolute atomic E-state index is 0.341. The molecule has 1 unspecified atom stereocenters. The van der Waals surface area contributed by atoms with Crippen LogP contribution in [0.3, 0.4) is 0 Å². The Kier molecular flexibility index (Phi) is 5.58. The average molecular weight is 216 g/mol. The largest absolute Gasteiger partial charge is 0.388 e. The van der Waals surface area contributed by atoms with Crippen LogP contribution >= 0.6 is 0 Å². The van der Waals surface area contributed by atoms with Gasteiger partial charge in [-0.15, -0.1) is 0 Å². The van der Waals surface area contributed by atoms with Gasteiger partial charge in [-0.25, -0.2) is 0 Å². The average Bonchev–Trinajstić information content (AvgIpc) is 2.30. The van der Waals surface area contributed by atoms with Crippen molar-refractivity contribution in [3.05, 3.63) is 0 Å². The van der Waals surface area contributed by atoms with E-state index < -0.39 is 6.10 Å². The molecule has 1 aliphatic rings. The van der Waals surface area contributed by atoms with Gasteiger partial charge < -0.3 is 14.6 Å². The van der Waals surface area contributed by atoms with Crippen LogP contribution in [0.5, 0.6) is 0 Å². The Hall–Kier alpha value is -0.120. The van der Waals surface area contributed by atoms with Gasteiger partial charge in [0.15, 0.2) is 0 Å². The summed E-state index contributed by atoms with van der Waals surface area (Å²) in [6.07, 6.45) is 5.99. The first-order chi connectivity index (χ1) is 7.25. The van der Waals surface area contributed by atoms with Gasteiger partial charge in [-0.05, 0) is 19.3 Å². The number of hydrogen-bond acceptors (Lipinski definition) is 3. The summed E-state index contributed by atoms with van der Waals surface area (Å²) >= 11 is 0. The maximum atomic E-state index is 10.1. The second-order valence-corrected chi connectivity index (χ2v) is 4.42. The predicted molar refractivity (Wildman–Crippen MR) is 59.9 cm³/mol. The second kappa shape index (κ2) is 6.46. The fourth-order valence-electron chi connectivity index (χ4n) is 2.31. The van der Waals surface area contributed by atoms with Crippen LogP contribution in [0.2, 0.25) is 0 Å². The molecule has 0 aromatic heterocycles. The van der Waals surface area contributed by atoms with Gasteiger partial charge in [-0.1, -0.05) is 26.2 Å². The third-order valence-electron chi connectivity index (χ3n) is 3.34. The third-order valence-corrected chi connectivity index (χ3v) is 3.34. The van der Waals surface area contributed by atoms with Crippen LogP contribution in [-0.4, -0.2) is 37.1 Å². The van der Waals surface area contributed by atoms with E-state index in [1.54, 1.807) is 7.11 Å². The van der Waals surface area contributed by atoms with Gasteiger partial charge >= 0.3 is 0 Å². The quantitative estimate of drug-likeness (QED) is 0.691. The minimum atomic E-state index is -0.477. The Morgan fingerprint density at radius 2 is 1.93 bits per heavy atom. The van der Waals surface area contributed by atoms with Crippen molar-refractivity contribution in [3.8, 4) is 0 Å². The van der Waals surface area contributed by atoms with Crippen molar-refractivity contribution in [1.82, 2.24) is 0 Å². The Bertz CT molecular complexity index is 164. The van der Waals surface area contributed by atoms with Gasteiger partial charge in [0.25, 0.3) is 0 Å². The summed E-state index contributed by atoms with van der Waals surface area (Å²) in [5.74, 6) is 0. The van der Waals surface area contributed by atoms with Crippen molar-refractivity contribution in [3.63, 3.8) is 0 Å². The van der Waals surface area contributed by atoms with Gasteiger partial charge in [0, 0.05) is 13.7 Å². The molecule has 0 spiro atoms. The zero-order valence-corrected chi connectivity index (χ0v) is 10.00. The van der Waals surface area contributed by atoms with E-state index in [1.165, 1.54) is 6.42 Å². The SMILES string of the molecule is CCCOCC(O)C1(OC)CCCCC1. The lowest BCUT2D eigenvalue weighted by molar-refractivity contribution is -0.143. The summed E-state index contributed by atoms with van der Waals surface area (Å²) in [6, 6.07) is 0. The van der Waals surface area contributed by atoms with Gasteiger partial charge in [-0.3, -0.25) is 0 Å². The molecule has 1 rings (SSSR count). The van der Waals surface area contributed by atoms with E-state index in [9.17, 15) is 5.11 Å². The molecule has 3 heteroatoms. The van der Waals surface area contributed by atoms with Crippen molar-refractivity contribution in [2.75, 3.05) is 20.3 Å². The maximum absolute atomic E-state index is 10.1. The maximum Gasteiger partial charge on any atom is 0.106 e. The van der Waals surface area contributed by atoms with Crippen LogP contribution in [0.25, 0.3) is 0 Å². The number of aliphatic hydroxyl groups is 1. The van der Waals surface area contributed by atoms with Crippen molar-refractivity contribution >= 4 is 0 Å². The van der Waals surface area contributed by atoms with E-state index >= 15 is 0 Å². The van der Waals surface area contributed by atoms with Crippen LogP contribution in [0.4, 0.5) is 0 Å². The zero-order valence-electron chi connectivity index (χ0n) is 10.00. The van der Waals surface area contributed by atoms with E-state index in [0.29, 0.717) is 6.61 Å². The third kappa shape index (κ3) is 3.44. The van der Waals surface area contributed by atoms with E-state index in [-0.39, 0.29) is 5.60 Å². The summed E-state index contributed by atoms with van der Waals surface area (Å²) in [7, 11) is 1.70. The fourth-order valence-corrected chi connectivity index (χ4v) is 2.31. The molecular weight excluding hydrogens is 192 g/mol. The Morgan fingerprint density at radius 3 is 2.47 bits per heavy atom. The Balaban J connectivity index is 2.40. The molecule has 0 aromatic rings. The highest BCUT2D eigenvalue weighted by Gasteiger charge is 2.39. The number of methoxy groups -OCH3 is 1. The molecule has 15 heavy (non-hydrogen) atoms. The molecule has 1 fully saturated rings. The van der Waals surface area contributed by atoms with Gasteiger partial charge in [-0.2, -0.15) is 0 Å². The van der Waals surface area contributed by atoms with Gasteiger partial charge in [0.1, 0.15) is 6.10 Å². The molecule has 0 bridgehead atoms. The van der Waals surface area contributed by atoms with E-state index in [0.717, 1.165) is 38.7 Å². The molecule has 3 nitrogen and oxygen atoms in total. The van der Waals surface area contributed by atoms with Crippen LogP contribution < -0.4 is 0 Å². The highest BCUT2D eigenvalue weighted by molar-refractivity contribution is 4.90. The zero-order chi connectivity index (χ0) is 11.1. The first-order valence-corrected chi connectivity index (χ1v) is 6.06.